The molecule has 0 spiro atoms. The highest BCUT2D eigenvalue weighted by Crippen LogP contribution is 2.34. The molecule has 0 saturated heterocycles. The van der Waals surface area contributed by atoms with Crippen LogP contribution in [0.2, 0.25) is 0 Å². The Balaban J connectivity index is 1.62. The molecule has 1 aliphatic heterocycles. The van der Waals surface area contributed by atoms with Crippen LogP contribution in [-0.4, -0.2) is 16.7 Å². The first-order chi connectivity index (χ1) is 12.1. The molecular formula is C19H17NO5. The summed E-state index contributed by atoms with van der Waals surface area (Å²) in [5.74, 6) is 2.11. The molecule has 0 radical (unpaired) electrons. The molecule has 1 N–H and O–H groups in total. The molecule has 0 atom stereocenters. The van der Waals surface area contributed by atoms with Gasteiger partial charge in [-0.05, 0) is 38.1 Å². The van der Waals surface area contributed by atoms with Crippen molar-refractivity contribution in [2.45, 2.75) is 20.5 Å². The number of fused-ring (bicyclic) bond motifs is 1. The maximum atomic E-state index is 10.1. The molecular weight excluding hydrogens is 322 g/mol. The van der Waals surface area contributed by atoms with Gasteiger partial charge in [-0.3, -0.25) is 0 Å². The Hall–Kier alpha value is -3.15. The minimum atomic E-state index is 0.262. The molecule has 6 heteroatoms. The van der Waals surface area contributed by atoms with Gasteiger partial charge in [0.1, 0.15) is 42.3 Å². The number of aliphatic hydroxyl groups excluding tert-OH is 1. The number of aromatic nitrogens is 1. The van der Waals surface area contributed by atoms with Crippen molar-refractivity contribution in [1.29, 1.82) is 0 Å². The largest absolute Gasteiger partial charge is 0.507 e. The second kappa shape index (κ2) is 6.05. The van der Waals surface area contributed by atoms with Gasteiger partial charge in [-0.1, -0.05) is 0 Å². The van der Waals surface area contributed by atoms with Gasteiger partial charge in [-0.15, -0.1) is 0 Å². The summed E-state index contributed by atoms with van der Waals surface area (Å²) in [6.07, 6.45) is 2.92. The summed E-state index contributed by atoms with van der Waals surface area (Å²) in [5, 5.41) is 11.0. The summed E-state index contributed by atoms with van der Waals surface area (Å²) in [4.78, 5) is 4.02. The fourth-order valence-electron chi connectivity index (χ4n) is 2.73. The Morgan fingerprint density at radius 2 is 2.12 bits per heavy atom. The van der Waals surface area contributed by atoms with Crippen molar-refractivity contribution >= 4 is 16.7 Å². The highest BCUT2D eigenvalue weighted by atomic mass is 16.5. The third kappa shape index (κ3) is 2.87. The maximum absolute atomic E-state index is 10.1. The van der Waals surface area contributed by atoms with Crippen LogP contribution in [0, 0.1) is 0 Å². The number of furan rings is 1. The average molecular weight is 339 g/mol. The van der Waals surface area contributed by atoms with E-state index in [1.165, 1.54) is 6.39 Å². The molecule has 1 aliphatic rings. The van der Waals surface area contributed by atoms with Crippen LogP contribution in [0.3, 0.4) is 0 Å². The summed E-state index contributed by atoms with van der Waals surface area (Å²) in [5.41, 5.74) is 2.92. The first kappa shape index (κ1) is 15.4. The van der Waals surface area contributed by atoms with Gasteiger partial charge in [0.2, 0.25) is 0 Å². The molecule has 6 nitrogen and oxygen atoms in total. The zero-order valence-electron chi connectivity index (χ0n) is 13.9. The van der Waals surface area contributed by atoms with Crippen molar-refractivity contribution in [2.75, 3.05) is 6.61 Å². The number of oxazole rings is 1. The third-order valence-corrected chi connectivity index (χ3v) is 4.11. The quantitative estimate of drug-likeness (QED) is 0.749. The molecule has 1 aromatic carbocycles. The van der Waals surface area contributed by atoms with Crippen LogP contribution < -0.4 is 4.74 Å². The van der Waals surface area contributed by atoms with Crippen LogP contribution in [0.4, 0.5) is 0 Å². The van der Waals surface area contributed by atoms with Gasteiger partial charge in [0.25, 0.3) is 0 Å². The summed E-state index contributed by atoms with van der Waals surface area (Å²) in [7, 11) is 0. The van der Waals surface area contributed by atoms with E-state index >= 15 is 0 Å². The Morgan fingerprint density at radius 3 is 2.92 bits per heavy atom. The summed E-state index contributed by atoms with van der Waals surface area (Å²) in [6, 6.07) is 7.45. The smallest absolute Gasteiger partial charge is 0.180 e. The van der Waals surface area contributed by atoms with E-state index in [0.717, 1.165) is 22.2 Å². The van der Waals surface area contributed by atoms with Gasteiger partial charge in [0, 0.05) is 16.5 Å². The molecule has 128 valence electrons. The van der Waals surface area contributed by atoms with Crippen molar-refractivity contribution < 1.29 is 23.4 Å². The second-order valence-corrected chi connectivity index (χ2v) is 5.95. The number of benzene rings is 1. The average Bonchev–Trinajstić information content (AvgIpc) is 3.26. The third-order valence-electron chi connectivity index (χ3n) is 4.11. The fraction of sp³-hybridized carbons (Fsp3) is 0.211. The van der Waals surface area contributed by atoms with Crippen LogP contribution in [0.25, 0.3) is 16.7 Å². The van der Waals surface area contributed by atoms with Crippen molar-refractivity contribution in [2.24, 2.45) is 0 Å². The first-order valence-corrected chi connectivity index (χ1v) is 7.88. The van der Waals surface area contributed by atoms with Gasteiger partial charge in [-0.25, -0.2) is 4.98 Å². The van der Waals surface area contributed by atoms with E-state index in [0.29, 0.717) is 36.1 Å². The molecule has 0 aliphatic carbocycles. The fourth-order valence-corrected chi connectivity index (χ4v) is 2.73. The minimum absolute atomic E-state index is 0.262. The van der Waals surface area contributed by atoms with Crippen molar-refractivity contribution in [3.8, 4) is 5.75 Å². The standard InChI is InChI=1S/C19H17NO5/c1-11-7-24-19(12(2)18(11)21)17-6-13-5-15(3-4-16(13)25-17)23-9-14-8-22-10-20-14/h3-6,8,10,21H,7,9H2,1-2H3. The second-order valence-electron chi connectivity index (χ2n) is 5.95. The van der Waals surface area contributed by atoms with Gasteiger partial charge in [-0.2, -0.15) is 0 Å². The summed E-state index contributed by atoms with van der Waals surface area (Å²) in [6.45, 7) is 4.33. The van der Waals surface area contributed by atoms with E-state index in [4.69, 9.17) is 18.3 Å². The Kier molecular flexibility index (Phi) is 3.72. The SMILES string of the molecule is CC1=C(O)C(C)=C(c2cc3cc(OCc4cocn4)ccc3o2)OC1. The van der Waals surface area contributed by atoms with Crippen molar-refractivity contribution in [3.63, 3.8) is 0 Å². The van der Waals surface area contributed by atoms with E-state index in [2.05, 4.69) is 4.98 Å². The number of hydrogen-bond donors (Lipinski definition) is 1. The first-order valence-electron chi connectivity index (χ1n) is 7.88. The predicted molar refractivity (Wildman–Crippen MR) is 90.9 cm³/mol. The van der Waals surface area contributed by atoms with Crippen LogP contribution in [0.1, 0.15) is 25.3 Å². The minimum Gasteiger partial charge on any atom is -0.507 e. The van der Waals surface area contributed by atoms with Gasteiger partial charge >= 0.3 is 0 Å². The highest BCUT2D eigenvalue weighted by Gasteiger charge is 2.21. The molecule has 2 aromatic heterocycles. The van der Waals surface area contributed by atoms with E-state index in [1.807, 2.05) is 38.1 Å². The predicted octanol–water partition coefficient (Wildman–Crippen LogP) is 4.59. The van der Waals surface area contributed by atoms with E-state index in [-0.39, 0.29) is 5.76 Å². The Bertz CT molecular complexity index is 979. The lowest BCUT2D eigenvalue weighted by atomic mass is 10.1. The number of aliphatic hydroxyl groups is 1. The number of rotatable bonds is 4. The maximum Gasteiger partial charge on any atom is 0.180 e. The zero-order valence-corrected chi connectivity index (χ0v) is 13.9. The normalized spacial score (nSPS) is 15.0. The number of hydrogen-bond acceptors (Lipinski definition) is 6. The Morgan fingerprint density at radius 1 is 1.24 bits per heavy atom. The topological polar surface area (TPSA) is 77.9 Å². The van der Waals surface area contributed by atoms with Crippen molar-refractivity contribution in [3.05, 3.63) is 65.3 Å². The van der Waals surface area contributed by atoms with E-state index in [1.54, 1.807) is 6.26 Å². The lowest BCUT2D eigenvalue weighted by Gasteiger charge is -2.18. The van der Waals surface area contributed by atoms with E-state index in [9.17, 15) is 5.11 Å². The number of nitrogens with zero attached hydrogens (tertiary/aromatic N) is 1. The van der Waals surface area contributed by atoms with Crippen LogP contribution in [-0.2, 0) is 11.3 Å². The van der Waals surface area contributed by atoms with Gasteiger partial charge < -0.3 is 23.4 Å². The molecule has 4 rings (SSSR count). The van der Waals surface area contributed by atoms with Gasteiger partial charge in [0.05, 0.1) is 0 Å². The van der Waals surface area contributed by atoms with E-state index < -0.39 is 0 Å². The zero-order chi connectivity index (χ0) is 17.4. The molecule has 25 heavy (non-hydrogen) atoms. The van der Waals surface area contributed by atoms with Crippen molar-refractivity contribution in [1.82, 2.24) is 4.98 Å². The molecule has 0 fully saturated rings. The molecule has 0 unspecified atom stereocenters. The van der Waals surface area contributed by atoms with Gasteiger partial charge in [0.15, 0.2) is 17.9 Å². The molecule has 3 heterocycles. The number of ether oxygens (including phenoxy) is 2. The number of allylic oxidation sites excluding steroid dienone is 1. The van der Waals surface area contributed by atoms with Crippen LogP contribution >= 0.6 is 0 Å². The van der Waals surface area contributed by atoms with Crippen LogP contribution in [0.5, 0.6) is 5.75 Å². The lowest BCUT2D eigenvalue weighted by Crippen LogP contribution is -2.08. The molecule has 3 aromatic rings. The molecule has 0 amide bonds. The highest BCUT2D eigenvalue weighted by molar-refractivity contribution is 5.83. The molecule has 0 saturated carbocycles. The summed E-state index contributed by atoms with van der Waals surface area (Å²) >= 11 is 0. The summed E-state index contributed by atoms with van der Waals surface area (Å²) < 4.78 is 22.2. The lowest BCUT2D eigenvalue weighted by molar-refractivity contribution is 0.272. The molecule has 0 bridgehead atoms. The Labute approximate surface area is 144 Å². The van der Waals surface area contributed by atoms with Crippen LogP contribution in [0.15, 0.2) is 62.7 Å². The monoisotopic (exact) mass is 339 g/mol.